The quantitative estimate of drug-likeness (QED) is 0.0503. The van der Waals surface area contributed by atoms with Gasteiger partial charge in [-0.15, -0.1) is 0 Å². The number of unbranched alkanes of at least 4 members (excludes halogenated alkanes) is 12. The minimum absolute atomic E-state index is 0.0943. The average molecular weight is 639 g/mol. The van der Waals surface area contributed by atoms with Gasteiger partial charge in [-0.1, -0.05) is 103 Å². The molecule has 0 unspecified atom stereocenters. The predicted octanol–water partition coefficient (Wildman–Crippen LogP) is 11.1. The molecule has 47 heavy (non-hydrogen) atoms. The van der Waals surface area contributed by atoms with Crippen LogP contribution in [-0.4, -0.2) is 24.6 Å². The molecule has 0 spiro atoms. The summed E-state index contributed by atoms with van der Waals surface area (Å²) in [6.07, 6.45) is 18.4. The van der Waals surface area contributed by atoms with Crippen molar-refractivity contribution in [2.45, 2.75) is 123 Å². The summed E-state index contributed by atoms with van der Waals surface area (Å²) >= 11 is 0. The molecule has 0 aliphatic rings. The van der Waals surface area contributed by atoms with E-state index in [4.69, 9.17) is 14.2 Å². The lowest BCUT2D eigenvalue weighted by Crippen LogP contribution is -2.15. The number of esters is 2. The van der Waals surface area contributed by atoms with Gasteiger partial charge in [0.1, 0.15) is 11.5 Å². The number of ether oxygens (including phenoxy) is 3. The molecule has 3 rings (SSSR count). The highest BCUT2D eigenvalue weighted by atomic mass is 16.5. The Bertz CT molecular complexity index is 1360. The van der Waals surface area contributed by atoms with Gasteiger partial charge in [-0.25, -0.2) is 9.59 Å². The lowest BCUT2D eigenvalue weighted by molar-refractivity contribution is 0.0319. The zero-order valence-electron chi connectivity index (χ0n) is 28.9. The molecule has 0 aliphatic carbocycles. The molecule has 0 saturated heterocycles. The van der Waals surface area contributed by atoms with Gasteiger partial charge in [-0.2, -0.15) is 0 Å². The van der Waals surface area contributed by atoms with Crippen LogP contribution in [0.15, 0.2) is 72.8 Å². The molecule has 1 atom stereocenters. The predicted molar refractivity (Wildman–Crippen MR) is 191 cm³/mol. The first-order valence-electron chi connectivity index (χ1n) is 17.9. The van der Waals surface area contributed by atoms with E-state index in [9.17, 15) is 9.59 Å². The van der Waals surface area contributed by atoms with Gasteiger partial charge in [0.2, 0.25) is 0 Å². The molecule has 0 amide bonds. The summed E-state index contributed by atoms with van der Waals surface area (Å²) in [6, 6.07) is 21.3. The second-order valence-electron chi connectivity index (χ2n) is 12.4. The Kier molecular flexibility index (Phi) is 17.9. The van der Waals surface area contributed by atoms with Gasteiger partial charge in [0.05, 0.1) is 23.8 Å². The van der Waals surface area contributed by atoms with Crippen LogP contribution in [0.4, 0.5) is 0 Å². The van der Waals surface area contributed by atoms with Crippen molar-refractivity contribution in [2.24, 2.45) is 0 Å². The second-order valence-corrected chi connectivity index (χ2v) is 12.4. The first kappa shape index (κ1) is 37.4. The molecule has 3 aromatic rings. The van der Waals surface area contributed by atoms with Crippen molar-refractivity contribution in [1.82, 2.24) is 0 Å². The fraction of sp³-hybridized carbons (Fsp3) is 0.476. The summed E-state index contributed by atoms with van der Waals surface area (Å²) in [5.74, 6) is 6.73. The Morgan fingerprint density at radius 2 is 1.00 bits per heavy atom. The van der Waals surface area contributed by atoms with Gasteiger partial charge in [0.25, 0.3) is 0 Å². The highest BCUT2D eigenvalue weighted by Crippen LogP contribution is 2.20. The summed E-state index contributed by atoms with van der Waals surface area (Å²) < 4.78 is 17.0. The Hall–Kier alpha value is -4.04. The van der Waals surface area contributed by atoms with Crippen molar-refractivity contribution in [1.29, 1.82) is 0 Å². The van der Waals surface area contributed by atoms with Crippen molar-refractivity contribution in [3.8, 4) is 23.3 Å². The van der Waals surface area contributed by atoms with Crippen LogP contribution in [0.1, 0.15) is 149 Å². The van der Waals surface area contributed by atoms with Crippen LogP contribution in [0.5, 0.6) is 11.5 Å². The minimum Gasteiger partial charge on any atom is -0.494 e. The molecule has 5 nitrogen and oxygen atoms in total. The van der Waals surface area contributed by atoms with E-state index in [1.807, 2.05) is 31.2 Å². The molecule has 5 heteroatoms. The van der Waals surface area contributed by atoms with E-state index >= 15 is 0 Å². The van der Waals surface area contributed by atoms with Crippen molar-refractivity contribution in [2.75, 3.05) is 6.61 Å². The van der Waals surface area contributed by atoms with Crippen molar-refractivity contribution in [3.05, 3.63) is 95.1 Å². The summed E-state index contributed by atoms with van der Waals surface area (Å²) in [4.78, 5) is 25.1. The summed E-state index contributed by atoms with van der Waals surface area (Å²) in [6.45, 7) is 7.08. The third kappa shape index (κ3) is 15.4. The third-order valence-corrected chi connectivity index (χ3v) is 8.17. The maximum Gasteiger partial charge on any atom is 0.343 e. The van der Waals surface area contributed by atoms with Crippen LogP contribution >= 0.6 is 0 Å². The average Bonchev–Trinajstić information content (AvgIpc) is 3.09. The standard InChI is InChI=1S/C42H54O5/c1-4-6-8-10-11-12-13-14-15-17-33-45-39-29-31-40(32-30-39)47-42(44)38-27-23-36(24-28-38)20-19-35-21-25-37(26-22-35)41(43)46-34(3)18-16-9-7-5-2/h21-32,34H,4-18,33H2,1-3H3/t34-/m1/s1. The molecule has 0 aromatic heterocycles. The molecule has 3 aromatic carbocycles. The zero-order valence-corrected chi connectivity index (χ0v) is 28.9. The van der Waals surface area contributed by atoms with Crippen molar-refractivity contribution >= 4 is 11.9 Å². The van der Waals surface area contributed by atoms with E-state index < -0.39 is 5.97 Å². The van der Waals surface area contributed by atoms with E-state index in [0.717, 1.165) is 36.1 Å². The van der Waals surface area contributed by atoms with Gasteiger partial charge in [0, 0.05) is 11.1 Å². The molecular formula is C42H54O5. The SMILES string of the molecule is CCCCCCCCCCCCOc1ccc(OC(=O)c2ccc(C#Cc3ccc(C(=O)O[C@H](C)CCCCCC)cc3)cc2)cc1. The van der Waals surface area contributed by atoms with Gasteiger partial charge in [0.15, 0.2) is 0 Å². The number of rotatable bonds is 21. The van der Waals surface area contributed by atoms with Crippen LogP contribution in [0.25, 0.3) is 0 Å². The van der Waals surface area contributed by atoms with E-state index in [2.05, 4.69) is 25.7 Å². The number of hydrogen-bond acceptors (Lipinski definition) is 5. The van der Waals surface area contributed by atoms with E-state index in [1.54, 1.807) is 48.5 Å². The fourth-order valence-corrected chi connectivity index (χ4v) is 5.24. The number of carbonyl (C=O) groups is 2. The first-order chi connectivity index (χ1) is 23.0. The summed E-state index contributed by atoms with van der Waals surface area (Å²) in [5, 5.41) is 0. The Morgan fingerprint density at radius 1 is 0.553 bits per heavy atom. The molecule has 0 bridgehead atoms. The zero-order chi connectivity index (χ0) is 33.5. The van der Waals surface area contributed by atoms with E-state index in [-0.39, 0.29) is 12.1 Å². The Labute approximate surface area is 283 Å². The molecular weight excluding hydrogens is 584 g/mol. The second kappa shape index (κ2) is 22.5. The van der Waals surface area contributed by atoms with E-state index in [1.165, 1.54) is 77.0 Å². The monoisotopic (exact) mass is 638 g/mol. The number of benzene rings is 3. The largest absolute Gasteiger partial charge is 0.494 e. The smallest absolute Gasteiger partial charge is 0.343 e. The van der Waals surface area contributed by atoms with Crippen LogP contribution < -0.4 is 9.47 Å². The van der Waals surface area contributed by atoms with Gasteiger partial charge < -0.3 is 14.2 Å². The molecule has 252 valence electrons. The molecule has 0 fully saturated rings. The van der Waals surface area contributed by atoms with Gasteiger partial charge >= 0.3 is 11.9 Å². The molecule has 0 aliphatic heterocycles. The minimum atomic E-state index is -0.429. The lowest BCUT2D eigenvalue weighted by Gasteiger charge is -2.13. The van der Waals surface area contributed by atoms with Gasteiger partial charge in [-0.05, 0) is 99.0 Å². The maximum absolute atomic E-state index is 12.7. The van der Waals surface area contributed by atoms with Crippen LogP contribution in [0.2, 0.25) is 0 Å². The highest BCUT2D eigenvalue weighted by molar-refractivity contribution is 5.91. The van der Waals surface area contributed by atoms with Gasteiger partial charge in [-0.3, -0.25) is 0 Å². The molecule has 0 saturated carbocycles. The van der Waals surface area contributed by atoms with E-state index in [0.29, 0.717) is 23.5 Å². The van der Waals surface area contributed by atoms with Crippen molar-refractivity contribution in [3.63, 3.8) is 0 Å². The number of carbonyl (C=O) groups excluding carboxylic acids is 2. The van der Waals surface area contributed by atoms with Crippen LogP contribution in [0, 0.1) is 11.8 Å². The van der Waals surface area contributed by atoms with Crippen LogP contribution in [-0.2, 0) is 4.74 Å². The maximum atomic E-state index is 12.7. The van der Waals surface area contributed by atoms with Crippen molar-refractivity contribution < 1.29 is 23.8 Å². The summed E-state index contributed by atoms with van der Waals surface area (Å²) in [7, 11) is 0. The number of hydrogen-bond donors (Lipinski definition) is 0. The Morgan fingerprint density at radius 3 is 1.53 bits per heavy atom. The highest BCUT2D eigenvalue weighted by Gasteiger charge is 2.12. The molecule has 0 radical (unpaired) electrons. The molecule has 0 heterocycles. The third-order valence-electron chi connectivity index (χ3n) is 8.17. The lowest BCUT2D eigenvalue weighted by atomic mass is 10.1. The summed E-state index contributed by atoms with van der Waals surface area (Å²) in [5.41, 5.74) is 2.52. The first-order valence-corrected chi connectivity index (χ1v) is 17.9. The fourth-order valence-electron chi connectivity index (χ4n) is 5.24. The van der Waals surface area contributed by atoms with Crippen LogP contribution in [0.3, 0.4) is 0 Å². The normalized spacial score (nSPS) is 11.3. The topological polar surface area (TPSA) is 61.8 Å². The Balaban J connectivity index is 1.36. The molecule has 0 N–H and O–H groups in total.